The molecule has 0 spiro atoms. The summed E-state index contributed by atoms with van der Waals surface area (Å²) in [6.45, 7) is 4.18. The van der Waals surface area contributed by atoms with E-state index < -0.39 is 0 Å². The molecule has 1 N–H and O–H groups in total. The number of para-hydroxylation sites is 1. The number of aryl methyl sites for hydroxylation is 2. The molecule has 0 bridgehead atoms. The van der Waals surface area contributed by atoms with E-state index in [4.69, 9.17) is 0 Å². The average molecular weight is 321 g/mol. The van der Waals surface area contributed by atoms with Crippen LogP contribution < -0.4 is 5.32 Å². The van der Waals surface area contributed by atoms with E-state index in [1.54, 1.807) is 11.3 Å². The van der Waals surface area contributed by atoms with Crippen molar-refractivity contribution in [2.24, 2.45) is 0 Å². The molecule has 2 nitrogen and oxygen atoms in total. The van der Waals surface area contributed by atoms with E-state index in [1.807, 2.05) is 48.5 Å². The summed E-state index contributed by atoms with van der Waals surface area (Å²) in [5.41, 5.74) is 4.16. The molecular weight excluding hydrogens is 302 g/mol. The summed E-state index contributed by atoms with van der Waals surface area (Å²) >= 11 is 1.58. The van der Waals surface area contributed by atoms with Crippen molar-refractivity contribution in [3.8, 4) is 11.1 Å². The Morgan fingerprint density at radius 3 is 2.43 bits per heavy atom. The van der Waals surface area contributed by atoms with Crippen LogP contribution in [0.4, 0.5) is 5.69 Å². The molecule has 2 aromatic carbocycles. The van der Waals surface area contributed by atoms with Crippen LogP contribution in [0.1, 0.15) is 27.0 Å². The van der Waals surface area contributed by atoms with Gasteiger partial charge in [0.25, 0.3) is 5.91 Å². The van der Waals surface area contributed by atoms with Gasteiger partial charge in [-0.3, -0.25) is 4.79 Å². The maximum Gasteiger partial charge on any atom is 0.265 e. The van der Waals surface area contributed by atoms with Gasteiger partial charge in [0.05, 0.1) is 4.88 Å². The van der Waals surface area contributed by atoms with Crippen LogP contribution in [0, 0.1) is 6.92 Å². The monoisotopic (exact) mass is 321 g/mol. The molecule has 1 aromatic heterocycles. The summed E-state index contributed by atoms with van der Waals surface area (Å²) in [5.74, 6) is -0.0406. The average Bonchev–Trinajstić information content (AvgIpc) is 2.97. The fourth-order valence-corrected chi connectivity index (χ4v) is 3.64. The van der Waals surface area contributed by atoms with Crippen LogP contribution >= 0.6 is 11.3 Å². The molecular formula is C20H19NOS. The Balaban J connectivity index is 1.90. The zero-order valence-electron chi connectivity index (χ0n) is 13.3. The Kier molecular flexibility index (Phi) is 4.58. The molecule has 0 radical (unpaired) electrons. The normalized spacial score (nSPS) is 10.5. The summed E-state index contributed by atoms with van der Waals surface area (Å²) in [5, 5.41) is 3.06. The quantitative estimate of drug-likeness (QED) is 0.672. The molecule has 116 valence electrons. The van der Waals surface area contributed by atoms with Gasteiger partial charge < -0.3 is 5.32 Å². The fourth-order valence-electron chi connectivity index (χ4n) is 2.63. The van der Waals surface area contributed by atoms with Crippen LogP contribution in [-0.4, -0.2) is 5.91 Å². The van der Waals surface area contributed by atoms with Crippen molar-refractivity contribution >= 4 is 22.9 Å². The van der Waals surface area contributed by atoms with Gasteiger partial charge in [0, 0.05) is 16.1 Å². The predicted octanol–water partition coefficient (Wildman–Crippen LogP) is 5.54. The van der Waals surface area contributed by atoms with E-state index in [0.29, 0.717) is 0 Å². The zero-order chi connectivity index (χ0) is 16.2. The molecule has 0 fully saturated rings. The Hall–Kier alpha value is -2.39. The molecule has 3 rings (SSSR count). The third-order valence-electron chi connectivity index (χ3n) is 3.83. The molecule has 0 aliphatic carbocycles. The van der Waals surface area contributed by atoms with E-state index >= 15 is 0 Å². The molecule has 0 unspecified atom stereocenters. The van der Waals surface area contributed by atoms with Crippen LogP contribution in [0.15, 0.2) is 60.7 Å². The third-order valence-corrected chi connectivity index (χ3v) is 5.21. The number of hydrogen-bond donors (Lipinski definition) is 1. The minimum absolute atomic E-state index is 0.0406. The van der Waals surface area contributed by atoms with Crippen LogP contribution in [0.25, 0.3) is 11.1 Å². The van der Waals surface area contributed by atoms with E-state index in [0.717, 1.165) is 28.1 Å². The highest BCUT2D eigenvalue weighted by molar-refractivity contribution is 7.14. The standard InChI is InChI=1S/C20H19NOS/c1-3-18-14(2)13-19(23-18)20(22)21-17-12-8-7-11-16(17)15-9-5-4-6-10-15/h4-13H,3H2,1-2H3,(H,21,22). The van der Waals surface area contributed by atoms with Gasteiger partial charge in [-0.2, -0.15) is 0 Å². The molecule has 1 amide bonds. The Morgan fingerprint density at radius 2 is 1.74 bits per heavy atom. The van der Waals surface area contributed by atoms with Crippen LogP contribution in [-0.2, 0) is 6.42 Å². The lowest BCUT2D eigenvalue weighted by atomic mass is 10.0. The first-order valence-corrected chi connectivity index (χ1v) is 8.55. The van der Waals surface area contributed by atoms with Crippen molar-refractivity contribution in [2.75, 3.05) is 5.32 Å². The number of hydrogen-bond acceptors (Lipinski definition) is 2. The summed E-state index contributed by atoms with van der Waals surface area (Å²) in [6.07, 6.45) is 0.963. The minimum atomic E-state index is -0.0406. The molecule has 1 heterocycles. The lowest BCUT2D eigenvalue weighted by Crippen LogP contribution is -2.10. The lowest BCUT2D eigenvalue weighted by Gasteiger charge is -2.10. The van der Waals surface area contributed by atoms with Crippen LogP contribution in [0.2, 0.25) is 0 Å². The predicted molar refractivity (Wildman–Crippen MR) is 98.3 cm³/mol. The number of carbonyl (C=O) groups is 1. The SMILES string of the molecule is CCc1sc(C(=O)Nc2ccccc2-c2ccccc2)cc1C. The second kappa shape index (κ2) is 6.80. The number of thiophene rings is 1. The van der Waals surface area contributed by atoms with Gasteiger partial charge in [0.1, 0.15) is 0 Å². The molecule has 0 atom stereocenters. The number of carbonyl (C=O) groups excluding carboxylic acids is 1. The first-order valence-electron chi connectivity index (χ1n) is 7.74. The number of anilines is 1. The van der Waals surface area contributed by atoms with Crippen molar-refractivity contribution in [3.63, 3.8) is 0 Å². The lowest BCUT2D eigenvalue weighted by molar-refractivity contribution is 0.103. The van der Waals surface area contributed by atoms with Gasteiger partial charge >= 0.3 is 0 Å². The Bertz CT molecular complexity index is 821. The van der Waals surface area contributed by atoms with Crippen LogP contribution in [0.3, 0.4) is 0 Å². The first kappa shape index (κ1) is 15.5. The van der Waals surface area contributed by atoms with Crippen molar-refractivity contribution < 1.29 is 4.79 Å². The highest BCUT2D eigenvalue weighted by Crippen LogP contribution is 2.29. The van der Waals surface area contributed by atoms with Crippen molar-refractivity contribution in [3.05, 3.63) is 76.0 Å². The second-order valence-corrected chi connectivity index (χ2v) is 6.57. The number of nitrogens with one attached hydrogen (secondary N) is 1. The van der Waals surface area contributed by atoms with Crippen LogP contribution in [0.5, 0.6) is 0 Å². The van der Waals surface area contributed by atoms with Gasteiger partial charge in [-0.15, -0.1) is 11.3 Å². The van der Waals surface area contributed by atoms with Gasteiger partial charge in [-0.25, -0.2) is 0 Å². The van der Waals surface area contributed by atoms with Gasteiger partial charge in [0.2, 0.25) is 0 Å². The number of amides is 1. The van der Waals surface area contributed by atoms with Crippen molar-refractivity contribution in [1.82, 2.24) is 0 Å². The summed E-state index contributed by atoms with van der Waals surface area (Å²) in [4.78, 5) is 14.6. The Labute approximate surface area is 140 Å². The highest BCUT2D eigenvalue weighted by Gasteiger charge is 2.13. The molecule has 0 aliphatic rings. The Morgan fingerprint density at radius 1 is 1.04 bits per heavy atom. The maximum atomic E-state index is 12.6. The third kappa shape index (κ3) is 3.35. The largest absolute Gasteiger partial charge is 0.321 e. The molecule has 0 saturated heterocycles. The second-order valence-electron chi connectivity index (χ2n) is 5.44. The maximum absolute atomic E-state index is 12.6. The zero-order valence-corrected chi connectivity index (χ0v) is 14.1. The number of benzene rings is 2. The topological polar surface area (TPSA) is 29.1 Å². The first-order chi connectivity index (χ1) is 11.2. The van der Waals surface area contributed by atoms with E-state index in [9.17, 15) is 4.79 Å². The fraction of sp³-hybridized carbons (Fsp3) is 0.150. The van der Waals surface area contributed by atoms with Gasteiger partial charge in [-0.05, 0) is 36.6 Å². The summed E-state index contributed by atoms with van der Waals surface area (Å²) < 4.78 is 0. The molecule has 3 heteroatoms. The summed E-state index contributed by atoms with van der Waals surface area (Å²) in [6, 6.07) is 20.0. The molecule has 0 aliphatic heterocycles. The van der Waals surface area contributed by atoms with Crippen molar-refractivity contribution in [1.29, 1.82) is 0 Å². The minimum Gasteiger partial charge on any atom is -0.321 e. The molecule has 0 saturated carbocycles. The van der Waals surface area contributed by atoms with Gasteiger partial charge in [0.15, 0.2) is 0 Å². The molecule has 3 aromatic rings. The van der Waals surface area contributed by atoms with Crippen molar-refractivity contribution in [2.45, 2.75) is 20.3 Å². The van der Waals surface area contributed by atoms with E-state index in [2.05, 4.69) is 31.3 Å². The number of rotatable bonds is 4. The van der Waals surface area contributed by atoms with Gasteiger partial charge in [-0.1, -0.05) is 55.5 Å². The van der Waals surface area contributed by atoms with E-state index in [-0.39, 0.29) is 5.91 Å². The summed E-state index contributed by atoms with van der Waals surface area (Å²) in [7, 11) is 0. The highest BCUT2D eigenvalue weighted by atomic mass is 32.1. The van der Waals surface area contributed by atoms with E-state index in [1.165, 1.54) is 10.4 Å². The smallest absolute Gasteiger partial charge is 0.265 e. The molecule has 23 heavy (non-hydrogen) atoms.